The van der Waals surface area contributed by atoms with Gasteiger partial charge in [-0.05, 0) is 36.2 Å². The van der Waals surface area contributed by atoms with Crippen LogP contribution in [0.25, 0.3) is 0 Å². The Bertz CT molecular complexity index is 915. The highest BCUT2D eigenvalue weighted by Crippen LogP contribution is 2.44. The molecule has 0 aromatic heterocycles. The zero-order valence-electron chi connectivity index (χ0n) is 17.2. The van der Waals surface area contributed by atoms with Gasteiger partial charge in [-0.3, -0.25) is 0 Å². The summed E-state index contributed by atoms with van der Waals surface area (Å²) < 4.78 is 17.1. The van der Waals surface area contributed by atoms with Crippen molar-refractivity contribution < 1.29 is 34.6 Å². The minimum Gasteiger partial charge on any atom is -0.494 e. The van der Waals surface area contributed by atoms with E-state index in [9.17, 15) is 20.4 Å². The van der Waals surface area contributed by atoms with Crippen LogP contribution in [0, 0.1) is 0 Å². The van der Waals surface area contributed by atoms with Crippen molar-refractivity contribution in [1.29, 1.82) is 0 Å². The molecule has 1 saturated heterocycles. The Morgan fingerprint density at radius 1 is 1.10 bits per heavy atom. The van der Waals surface area contributed by atoms with Gasteiger partial charge in [0, 0.05) is 24.0 Å². The summed E-state index contributed by atoms with van der Waals surface area (Å²) in [7, 11) is 0. The first-order valence-corrected chi connectivity index (χ1v) is 10.8. The molecule has 5 atom stereocenters. The van der Waals surface area contributed by atoms with Gasteiger partial charge in [-0.2, -0.15) is 0 Å². The molecule has 8 heteroatoms. The normalized spacial score (nSPS) is 27.6. The van der Waals surface area contributed by atoms with E-state index in [1.165, 1.54) is 0 Å². The summed E-state index contributed by atoms with van der Waals surface area (Å²) >= 11 is 6.66. The fourth-order valence-electron chi connectivity index (χ4n) is 4.23. The number of aliphatic hydroxyl groups excluding tert-OH is 4. The third-order valence-electron chi connectivity index (χ3n) is 5.84. The zero-order chi connectivity index (χ0) is 22.1. The van der Waals surface area contributed by atoms with E-state index in [-0.39, 0.29) is 0 Å². The molecule has 0 saturated carbocycles. The van der Waals surface area contributed by atoms with Crippen LogP contribution < -0.4 is 9.47 Å². The molecule has 7 nitrogen and oxygen atoms in total. The third-order valence-corrected chi connectivity index (χ3v) is 6.29. The first-order valence-electron chi connectivity index (χ1n) is 10.4. The van der Waals surface area contributed by atoms with Crippen molar-refractivity contribution in [2.45, 2.75) is 50.3 Å². The Hall–Kier alpha value is -1.87. The van der Waals surface area contributed by atoms with E-state index in [2.05, 4.69) is 0 Å². The van der Waals surface area contributed by atoms with Crippen molar-refractivity contribution in [1.82, 2.24) is 0 Å². The summed E-state index contributed by atoms with van der Waals surface area (Å²) in [6.07, 6.45) is -5.09. The standard InChI is InChI=1S/C23H27ClO7/c1-2-29-14-5-3-12(4-6-14)9-13-10-16(18(24)15-7-8-30-22(13)15)23-21(28)20(27)19(26)17(11-25)31-23/h3-6,10,17,19-21,23,25-28H,2,7-9,11H2,1H3/t17-,19-,20+,21-,23+/m1/s1. The lowest BCUT2D eigenvalue weighted by atomic mass is 9.88. The van der Waals surface area contributed by atoms with Crippen molar-refractivity contribution in [2.24, 2.45) is 0 Å². The second-order valence-corrected chi connectivity index (χ2v) is 8.23. The summed E-state index contributed by atoms with van der Waals surface area (Å²) in [5, 5.41) is 40.8. The van der Waals surface area contributed by atoms with E-state index >= 15 is 0 Å². The smallest absolute Gasteiger partial charge is 0.127 e. The summed E-state index contributed by atoms with van der Waals surface area (Å²) in [6, 6.07) is 9.60. The van der Waals surface area contributed by atoms with Crippen molar-refractivity contribution in [2.75, 3.05) is 19.8 Å². The van der Waals surface area contributed by atoms with Gasteiger partial charge in [-0.15, -0.1) is 0 Å². The molecule has 0 spiro atoms. The maximum Gasteiger partial charge on any atom is 0.127 e. The van der Waals surface area contributed by atoms with Crippen LogP contribution in [0.1, 0.15) is 35.3 Å². The fraction of sp³-hybridized carbons (Fsp3) is 0.478. The lowest BCUT2D eigenvalue weighted by Gasteiger charge is -2.40. The number of benzene rings is 2. The minimum atomic E-state index is -1.47. The van der Waals surface area contributed by atoms with Crippen LogP contribution in [-0.2, 0) is 17.6 Å². The first kappa shape index (κ1) is 22.3. The highest BCUT2D eigenvalue weighted by atomic mass is 35.5. The largest absolute Gasteiger partial charge is 0.494 e. The highest BCUT2D eigenvalue weighted by Gasteiger charge is 2.45. The predicted octanol–water partition coefficient (Wildman–Crippen LogP) is 1.78. The molecular weight excluding hydrogens is 424 g/mol. The molecule has 0 aliphatic carbocycles. The molecular formula is C23H27ClO7. The van der Waals surface area contributed by atoms with Crippen LogP contribution in [0.3, 0.4) is 0 Å². The second-order valence-electron chi connectivity index (χ2n) is 7.85. The maximum atomic E-state index is 10.6. The molecule has 0 bridgehead atoms. The Morgan fingerprint density at radius 3 is 2.52 bits per heavy atom. The molecule has 168 valence electrons. The van der Waals surface area contributed by atoms with Crippen LogP contribution in [0.15, 0.2) is 30.3 Å². The first-order chi connectivity index (χ1) is 14.9. The Balaban J connectivity index is 1.69. The lowest BCUT2D eigenvalue weighted by Crippen LogP contribution is -2.55. The highest BCUT2D eigenvalue weighted by molar-refractivity contribution is 6.32. The zero-order valence-corrected chi connectivity index (χ0v) is 18.0. The van der Waals surface area contributed by atoms with Crippen LogP contribution >= 0.6 is 11.6 Å². The summed E-state index contributed by atoms with van der Waals surface area (Å²) in [5.41, 5.74) is 3.26. The van der Waals surface area contributed by atoms with Gasteiger partial charge in [-0.25, -0.2) is 0 Å². The molecule has 0 unspecified atom stereocenters. The number of halogens is 1. The minimum absolute atomic E-state index is 0.410. The molecule has 2 aliphatic heterocycles. The molecule has 2 aliphatic rings. The number of aliphatic hydroxyl groups is 4. The Kier molecular flexibility index (Phi) is 6.71. The Morgan fingerprint density at radius 2 is 1.84 bits per heavy atom. The molecule has 0 amide bonds. The molecule has 1 fully saturated rings. The van der Waals surface area contributed by atoms with E-state index in [4.69, 9.17) is 25.8 Å². The fourth-order valence-corrected chi connectivity index (χ4v) is 4.57. The van der Waals surface area contributed by atoms with Gasteiger partial charge in [0.15, 0.2) is 0 Å². The van der Waals surface area contributed by atoms with Gasteiger partial charge in [0.2, 0.25) is 0 Å². The van der Waals surface area contributed by atoms with Crippen LogP contribution in [0.2, 0.25) is 5.02 Å². The molecule has 2 heterocycles. The number of hydrogen-bond donors (Lipinski definition) is 4. The molecule has 31 heavy (non-hydrogen) atoms. The van der Waals surface area contributed by atoms with Gasteiger partial charge >= 0.3 is 0 Å². The number of fused-ring (bicyclic) bond motifs is 1. The van der Waals surface area contributed by atoms with Crippen LogP contribution in [-0.4, -0.2) is 64.7 Å². The van der Waals surface area contributed by atoms with E-state index in [0.29, 0.717) is 36.6 Å². The summed E-state index contributed by atoms with van der Waals surface area (Å²) in [5.74, 6) is 1.53. The summed E-state index contributed by atoms with van der Waals surface area (Å²) in [6.45, 7) is 2.54. The maximum absolute atomic E-state index is 10.6. The third kappa shape index (κ3) is 4.26. The number of rotatable bonds is 6. The van der Waals surface area contributed by atoms with Gasteiger partial charge in [0.05, 0.1) is 24.8 Å². The average molecular weight is 451 g/mol. The topological polar surface area (TPSA) is 109 Å². The molecule has 4 rings (SSSR count). The van der Waals surface area contributed by atoms with E-state index in [0.717, 1.165) is 28.2 Å². The van der Waals surface area contributed by atoms with E-state index in [1.807, 2.05) is 37.3 Å². The van der Waals surface area contributed by atoms with Gasteiger partial charge in [-0.1, -0.05) is 23.7 Å². The second kappa shape index (κ2) is 9.32. The van der Waals surface area contributed by atoms with Crippen LogP contribution in [0.4, 0.5) is 0 Å². The van der Waals surface area contributed by atoms with Crippen LogP contribution in [0.5, 0.6) is 11.5 Å². The van der Waals surface area contributed by atoms with E-state index < -0.39 is 37.1 Å². The van der Waals surface area contributed by atoms with Gasteiger partial charge in [0.1, 0.15) is 42.0 Å². The molecule has 2 aromatic rings. The van der Waals surface area contributed by atoms with E-state index in [1.54, 1.807) is 0 Å². The Labute approximate surface area is 185 Å². The van der Waals surface area contributed by atoms with Crippen molar-refractivity contribution in [3.05, 3.63) is 57.6 Å². The van der Waals surface area contributed by atoms with Gasteiger partial charge in [0.25, 0.3) is 0 Å². The average Bonchev–Trinajstić information content (AvgIpc) is 3.27. The number of hydrogen-bond acceptors (Lipinski definition) is 7. The van der Waals surface area contributed by atoms with Crippen molar-refractivity contribution in [3.63, 3.8) is 0 Å². The quantitative estimate of drug-likeness (QED) is 0.531. The van der Waals surface area contributed by atoms with Gasteiger partial charge < -0.3 is 34.6 Å². The number of ether oxygens (including phenoxy) is 3. The SMILES string of the molecule is CCOc1ccc(Cc2cc([C@@H]3O[C@H](CO)[C@@H](O)[C@H](O)[C@H]3O)c(Cl)c3c2OCC3)cc1. The monoisotopic (exact) mass is 450 g/mol. The molecule has 0 radical (unpaired) electrons. The molecule has 4 N–H and O–H groups in total. The molecule has 2 aromatic carbocycles. The predicted molar refractivity (Wildman–Crippen MR) is 114 cm³/mol. The van der Waals surface area contributed by atoms with Crippen molar-refractivity contribution >= 4 is 11.6 Å². The summed E-state index contributed by atoms with van der Waals surface area (Å²) in [4.78, 5) is 0. The lowest BCUT2D eigenvalue weighted by molar-refractivity contribution is -0.231. The van der Waals surface area contributed by atoms with Crippen molar-refractivity contribution in [3.8, 4) is 11.5 Å².